The van der Waals surface area contributed by atoms with Gasteiger partial charge in [-0.3, -0.25) is 0 Å². The van der Waals surface area contributed by atoms with Gasteiger partial charge in [0, 0.05) is 11.8 Å². The zero-order chi connectivity index (χ0) is 15.6. The monoisotopic (exact) mass is 296 g/mol. The molecule has 0 radical (unpaired) electrons. The molecule has 0 amide bonds. The molecule has 0 aliphatic rings. The van der Waals surface area contributed by atoms with Crippen LogP contribution in [0, 0.1) is 6.92 Å². The number of ether oxygens (including phenoxy) is 1. The van der Waals surface area contributed by atoms with Crippen molar-refractivity contribution in [2.24, 2.45) is 0 Å². The fraction of sp³-hybridized carbons (Fsp3) is 0.200. The minimum absolute atomic E-state index is 0.177. The van der Waals surface area contributed by atoms with Crippen LogP contribution in [0.15, 0.2) is 36.4 Å². The Hall–Kier alpha value is -2.37. The highest BCUT2D eigenvalue weighted by atomic mass is 19.4. The van der Waals surface area contributed by atoms with Crippen molar-refractivity contribution in [3.05, 3.63) is 47.5 Å². The third kappa shape index (κ3) is 3.39. The second-order valence-corrected chi connectivity index (χ2v) is 4.61. The second-order valence-electron chi connectivity index (χ2n) is 4.61. The average Bonchev–Trinajstić information content (AvgIpc) is 2.41. The maximum atomic E-state index is 12.9. The van der Waals surface area contributed by atoms with Crippen molar-refractivity contribution in [1.29, 1.82) is 0 Å². The largest absolute Gasteiger partial charge is 0.497 e. The quantitative estimate of drug-likeness (QED) is 0.828. The topological polar surface area (TPSA) is 47.3 Å². The van der Waals surface area contributed by atoms with Gasteiger partial charge in [0.15, 0.2) is 0 Å². The van der Waals surface area contributed by atoms with Gasteiger partial charge in [-0.05, 0) is 36.8 Å². The van der Waals surface area contributed by atoms with Gasteiger partial charge in [-0.25, -0.2) is 0 Å². The van der Waals surface area contributed by atoms with Gasteiger partial charge < -0.3 is 15.8 Å². The van der Waals surface area contributed by atoms with Gasteiger partial charge >= 0.3 is 6.18 Å². The first-order valence-electron chi connectivity index (χ1n) is 6.19. The number of halogens is 3. The van der Waals surface area contributed by atoms with Crippen molar-refractivity contribution in [3.63, 3.8) is 0 Å². The molecule has 0 saturated heterocycles. The summed E-state index contributed by atoms with van der Waals surface area (Å²) >= 11 is 0. The van der Waals surface area contributed by atoms with Gasteiger partial charge in [-0.2, -0.15) is 13.2 Å². The molecular weight excluding hydrogens is 281 g/mol. The summed E-state index contributed by atoms with van der Waals surface area (Å²) in [5.41, 5.74) is 6.58. The molecule has 0 saturated carbocycles. The highest BCUT2D eigenvalue weighted by molar-refractivity contribution is 5.74. The molecule has 0 aliphatic heterocycles. The Morgan fingerprint density at radius 3 is 2.38 bits per heavy atom. The van der Waals surface area contributed by atoms with Crippen LogP contribution in [0.2, 0.25) is 0 Å². The highest BCUT2D eigenvalue weighted by Crippen LogP contribution is 2.35. The van der Waals surface area contributed by atoms with E-state index in [2.05, 4.69) is 5.32 Å². The number of anilines is 3. The van der Waals surface area contributed by atoms with Crippen LogP contribution in [0.3, 0.4) is 0 Å². The van der Waals surface area contributed by atoms with Crippen molar-refractivity contribution in [3.8, 4) is 5.75 Å². The molecule has 0 spiro atoms. The minimum Gasteiger partial charge on any atom is -0.497 e. The Bertz CT molecular complexity index is 654. The molecule has 21 heavy (non-hydrogen) atoms. The van der Waals surface area contributed by atoms with Gasteiger partial charge in [0.2, 0.25) is 0 Å². The Morgan fingerprint density at radius 2 is 1.81 bits per heavy atom. The van der Waals surface area contributed by atoms with Gasteiger partial charge in [0.25, 0.3) is 0 Å². The average molecular weight is 296 g/mol. The van der Waals surface area contributed by atoms with E-state index < -0.39 is 11.7 Å². The number of rotatable bonds is 3. The Morgan fingerprint density at radius 1 is 1.10 bits per heavy atom. The number of benzene rings is 2. The van der Waals surface area contributed by atoms with Crippen LogP contribution in [-0.4, -0.2) is 7.11 Å². The molecule has 6 heteroatoms. The summed E-state index contributed by atoms with van der Waals surface area (Å²) in [6.45, 7) is 1.42. The lowest BCUT2D eigenvalue weighted by molar-refractivity contribution is -0.138. The van der Waals surface area contributed by atoms with Crippen LogP contribution in [0.1, 0.15) is 11.1 Å². The first kappa shape index (κ1) is 15.0. The standard InChI is InChI=1S/C15H15F3N2O/c1-9-3-4-10(7-12(9)15(16,17)18)20-14-6-5-11(21-2)8-13(14)19/h3-8,20H,19H2,1-2H3. The number of methoxy groups -OCH3 is 1. The first-order valence-corrected chi connectivity index (χ1v) is 6.19. The van der Waals surface area contributed by atoms with Gasteiger partial charge in [-0.15, -0.1) is 0 Å². The highest BCUT2D eigenvalue weighted by Gasteiger charge is 2.32. The molecule has 3 nitrogen and oxygen atoms in total. The first-order chi connectivity index (χ1) is 9.81. The molecule has 3 N–H and O–H groups in total. The van der Waals surface area contributed by atoms with Crippen molar-refractivity contribution in [1.82, 2.24) is 0 Å². The van der Waals surface area contributed by atoms with E-state index in [1.54, 1.807) is 24.3 Å². The molecular formula is C15H15F3N2O. The summed E-state index contributed by atoms with van der Waals surface area (Å²) in [5, 5.41) is 2.88. The zero-order valence-corrected chi connectivity index (χ0v) is 11.6. The van der Waals surface area contributed by atoms with Crippen LogP contribution in [0.25, 0.3) is 0 Å². The van der Waals surface area contributed by atoms with Crippen LogP contribution < -0.4 is 15.8 Å². The third-order valence-corrected chi connectivity index (χ3v) is 3.08. The fourth-order valence-electron chi connectivity index (χ4n) is 1.94. The summed E-state index contributed by atoms with van der Waals surface area (Å²) < 4.78 is 43.7. The van der Waals surface area contributed by atoms with E-state index in [1.165, 1.54) is 20.1 Å². The van der Waals surface area contributed by atoms with Crippen LogP contribution in [0.5, 0.6) is 5.75 Å². The summed E-state index contributed by atoms with van der Waals surface area (Å²) in [7, 11) is 1.51. The maximum Gasteiger partial charge on any atom is 0.416 e. The van der Waals surface area contributed by atoms with E-state index in [1.807, 2.05) is 0 Å². The number of nitrogens with one attached hydrogen (secondary N) is 1. The number of hydrogen-bond acceptors (Lipinski definition) is 3. The molecule has 0 aromatic heterocycles. The van der Waals surface area contributed by atoms with E-state index in [4.69, 9.17) is 10.5 Å². The smallest absolute Gasteiger partial charge is 0.416 e. The molecule has 0 atom stereocenters. The Labute approximate surface area is 120 Å². The van der Waals surface area contributed by atoms with Crippen molar-refractivity contribution in [2.75, 3.05) is 18.2 Å². The van der Waals surface area contributed by atoms with Gasteiger partial charge in [-0.1, -0.05) is 6.07 Å². The Kier molecular flexibility index (Phi) is 3.97. The van der Waals surface area contributed by atoms with E-state index in [0.29, 0.717) is 22.8 Å². The summed E-state index contributed by atoms with van der Waals surface area (Å²) in [4.78, 5) is 0. The second kappa shape index (κ2) is 5.55. The van der Waals surface area contributed by atoms with Crippen LogP contribution >= 0.6 is 0 Å². The zero-order valence-electron chi connectivity index (χ0n) is 11.6. The van der Waals surface area contributed by atoms with Crippen molar-refractivity contribution < 1.29 is 17.9 Å². The van der Waals surface area contributed by atoms with Gasteiger partial charge in [0.05, 0.1) is 24.0 Å². The molecule has 0 heterocycles. The molecule has 0 fully saturated rings. The lowest BCUT2D eigenvalue weighted by Crippen LogP contribution is -2.08. The number of nitrogen functional groups attached to an aromatic ring is 1. The van der Waals surface area contributed by atoms with E-state index >= 15 is 0 Å². The summed E-state index contributed by atoms with van der Waals surface area (Å²) in [6.07, 6.45) is -4.38. The molecule has 112 valence electrons. The predicted octanol–water partition coefficient (Wildman–Crippen LogP) is 4.35. The summed E-state index contributed by atoms with van der Waals surface area (Å²) in [6, 6.07) is 9.00. The SMILES string of the molecule is COc1ccc(Nc2ccc(C)c(C(F)(F)F)c2)c(N)c1. The number of hydrogen-bond donors (Lipinski definition) is 2. The van der Waals surface area contributed by atoms with E-state index in [9.17, 15) is 13.2 Å². The number of nitrogens with two attached hydrogens (primary N) is 1. The summed E-state index contributed by atoms with van der Waals surface area (Å²) in [5.74, 6) is 0.581. The van der Waals surface area contributed by atoms with Crippen molar-refractivity contribution in [2.45, 2.75) is 13.1 Å². The predicted molar refractivity (Wildman–Crippen MR) is 76.9 cm³/mol. The minimum atomic E-state index is -4.38. The van der Waals surface area contributed by atoms with E-state index in [-0.39, 0.29) is 5.56 Å². The number of aryl methyl sites for hydroxylation is 1. The maximum absolute atomic E-state index is 12.9. The lowest BCUT2D eigenvalue weighted by atomic mass is 10.1. The van der Waals surface area contributed by atoms with Crippen LogP contribution in [0.4, 0.5) is 30.2 Å². The Balaban J connectivity index is 2.32. The fourth-order valence-corrected chi connectivity index (χ4v) is 1.94. The molecule has 2 aromatic carbocycles. The number of alkyl halides is 3. The molecule has 0 unspecified atom stereocenters. The third-order valence-electron chi connectivity index (χ3n) is 3.08. The lowest BCUT2D eigenvalue weighted by Gasteiger charge is -2.14. The molecule has 2 rings (SSSR count). The van der Waals surface area contributed by atoms with Crippen molar-refractivity contribution >= 4 is 17.1 Å². The normalized spacial score (nSPS) is 11.3. The van der Waals surface area contributed by atoms with E-state index in [0.717, 1.165) is 6.07 Å². The molecule has 2 aromatic rings. The van der Waals surface area contributed by atoms with Gasteiger partial charge in [0.1, 0.15) is 5.75 Å². The molecule has 0 aliphatic carbocycles. The van der Waals surface area contributed by atoms with Crippen LogP contribution in [-0.2, 0) is 6.18 Å². The molecule has 0 bridgehead atoms.